The molecule has 0 spiro atoms. The van der Waals surface area contributed by atoms with E-state index in [1.807, 2.05) is 0 Å². The highest BCUT2D eigenvalue weighted by Gasteiger charge is 2.13. The Bertz CT molecular complexity index is 594. The molecule has 0 aromatic heterocycles. The summed E-state index contributed by atoms with van der Waals surface area (Å²) in [6.45, 7) is 1.73. The Kier molecular flexibility index (Phi) is 4.29. The first kappa shape index (κ1) is 14.4. The van der Waals surface area contributed by atoms with Crippen LogP contribution in [0.15, 0.2) is 36.4 Å². The molecule has 2 rings (SSSR count). The van der Waals surface area contributed by atoms with Gasteiger partial charge in [-0.05, 0) is 25.5 Å². The molecule has 0 saturated carbocycles. The van der Waals surface area contributed by atoms with Gasteiger partial charge in [0.15, 0.2) is 0 Å². The number of ether oxygens (including phenoxy) is 1. The van der Waals surface area contributed by atoms with E-state index in [-0.39, 0.29) is 29.5 Å². The lowest BCUT2D eigenvalue weighted by atomic mass is 10.1. The molecule has 1 atom stereocenters. The number of hydrogen-bond donors (Lipinski definition) is 1. The minimum absolute atomic E-state index is 0.0287. The predicted molar refractivity (Wildman–Crippen MR) is 70.2 cm³/mol. The molecule has 0 fully saturated rings. The molecular weight excluding hydrogens is 267 g/mol. The fraction of sp³-hybridized carbons (Fsp3) is 0.200. The molecule has 0 radical (unpaired) electrons. The second-order valence-corrected chi connectivity index (χ2v) is 4.61. The van der Waals surface area contributed by atoms with Gasteiger partial charge in [-0.3, -0.25) is 0 Å². The Morgan fingerprint density at radius 2 is 1.75 bits per heavy atom. The van der Waals surface area contributed by atoms with Crippen LogP contribution in [0.1, 0.15) is 12.5 Å². The maximum atomic E-state index is 13.8. The molecule has 106 valence electrons. The highest BCUT2D eigenvalue weighted by atomic mass is 19.1. The van der Waals surface area contributed by atoms with E-state index in [0.29, 0.717) is 0 Å². The normalized spacial score (nSPS) is 12.2. The summed E-state index contributed by atoms with van der Waals surface area (Å²) in [5, 5.41) is 0. The summed E-state index contributed by atoms with van der Waals surface area (Å²) in [6, 6.07) is 6.82. The van der Waals surface area contributed by atoms with Gasteiger partial charge < -0.3 is 10.5 Å². The molecule has 0 amide bonds. The zero-order chi connectivity index (χ0) is 14.7. The quantitative estimate of drug-likeness (QED) is 0.925. The van der Waals surface area contributed by atoms with Crippen molar-refractivity contribution in [2.75, 3.05) is 0 Å². The van der Waals surface area contributed by atoms with Crippen LogP contribution >= 0.6 is 0 Å². The lowest BCUT2D eigenvalue weighted by Gasteiger charge is -2.13. The maximum absolute atomic E-state index is 13.8. The van der Waals surface area contributed by atoms with Crippen LogP contribution in [0.3, 0.4) is 0 Å². The molecule has 1 unspecified atom stereocenters. The largest absolute Gasteiger partial charge is 0.457 e. The van der Waals surface area contributed by atoms with Crippen LogP contribution in [-0.4, -0.2) is 6.04 Å². The van der Waals surface area contributed by atoms with Crippen molar-refractivity contribution in [3.8, 4) is 11.5 Å². The molecular formula is C15H14F3NO. The Morgan fingerprint density at radius 1 is 1.10 bits per heavy atom. The van der Waals surface area contributed by atoms with E-state index in [2.05, 4.69) is 0 Å². The third-order valence-electron chi connectivity index (χ3n) is 2.67. The predicted octanol–water partition coefficient (Wildman–Crippen LogP) is 3.79. The van der Waals surface area contributed by atoms with Crippen LogP contribution < -0.4 is 10.5 Å². The van der Waals surface area contributed by atoms with E-state index < -0.39 is 17.5 Å². The van der Waals surface area contributed by atoms with Crippen molar-refractivity contribution in [3.05, 3.63) is 59.4 Å². The van der Waals surface area contributed by atoms with Gasteiger partial charge in [0.2, 0.25) is 0 Å². The summed E-state index contributed by atoms with van der Waals surface area (Å²) >= 11 is 0. The number of benzene rings is 2. The van der Waals surface area contributed by atoms with E-state index in [9.17, 15) is 13.2 Å². The minimum atomic E-state index is -0.759. The Morgan fingerprint density at radius 3 is 2.35 bits per heavy atom. The van der Waals surface area contributed by atoms with E-state index in [4.69, 9.17) is 10.5 Å². The lowest BCUT2D eigenvalue weighted by molar-refractivity contribution is 0.453. The number of halogens is 3. The fourth-order valence-corrected chi connectivity index (χ4v) is 1.87. The first-order chi connectivity index (χ1) is 9.45. The van der Waals surface area contributed by atoms with Crippen molar-refractivity contribution in [1.29, 1.82) is 0 Å². The molecule has 0 bridgehead atoms. The van der Waals surface area contributed by atoms with Crippen molar-refractivity contribution < 1.29 is 17.9 Å². The lowest BCUT2D eigenvalue weighted by Crippen LogP contribution is -2.19. The van der Waals surface area contributed by atoms with Gasteiger partial charge in [-0.25, -0.2) is 13.2 Å². The van der Waals surface area contributed by atoms with Crippen LogP contribution in [0, 0.1) is 17.5 Å². The highest BCUT2D eigenvalue weighted by molar-refractivity contribution is 5.39. The molecule has 0 aliphatic heterocycles. The first-order valence-electron chi connectivity index (χ1n) is 6.12. The fourth-order valence-electron chi connectivity index (χ4n) is 1.87. The molecule has 2 nitrogen and oxygen atoms in total. The van der Waals surface area contributed by atoms with Crippen LogP contribution in [0.5, 0.6) is 11.5 Å². The van der Waals surface area contributed by atoms with E-state index >= 15 is 0 Å². The number of rotatable bonds is 4. The van der Waals surface area contributed by atoms with E-state index in [0.717, 1.165) is 18.2 Å². The Labute approximate surface area is 115 Å². The second-order valence-electron chi connectivity index (χ2n) is 4.61. The first-order valence-corrected chi connectivity index (χ1v) is 6.12. The molecule has 0 heterocycles. The molecule has 2 N–H and O–H groups in total. The summed E-state index contributed by atoms with van der Waals surface area (Å²) in [5.74, 6) is -1.81. The van der Waals surface area contributed by atoms with Gasteiger partial charge in [0.25, 0.3) is 0 Å². The van der Waals surface area contributed by atoms with Gasteiger partial charge >= 0.3 is 0 Å². The summed E-state index contributed by atoms with van der Waals surface area (Å²) in [5.41, 5.74) is 5.95. The van der Waals surface area contributed by atoms with Gasteiger partial charge in [-0.1, -0.05) is 6.07 Å². The monoisotopic (exact) mass is 281 g/mol. The molecule has 0 aliphatic carbocycles. The van der Waals surface area contributed by atoms with Crippen molar-refractivity contribution in [3.63, 3.8) is 0 Å². The highest BCUT2D eigenvalue weighted by Crippen LogP contribution is 2.29. The molecule has 0 aliphatic rings. The third-order valence-corrected chi connectivity index (χ3v) is 2.67. The molecule has 20 heavy (non-hydrogen) atoms. The van der Waals surface area contributed by atoms with E-state index in [1.165, 1.54) is 18.2 Å². The van der Waals surface area contributed by atoms with Gasteiger partial charge in [0, 0.05) is 29.8 Å². The van der Waals surface area contributed by atoms with Crippen LogP contribution in [-0.2, 0) is 6.42 Å². The van der Waals surface area contributed by atoms with Crippen molar-refractivity contribution in [1.82, 2.24) is 0 Å². The Hall–Kier alpha value is -2.01. The van der Waals surface area contributed by atoms with Gasteiger partial charge in [-0.2, -0.15) is 0 Å². The van der Waals surface area contributed by atoms with Crippen LogP contribution in [0.25, 0.3) is 0 Å². The van der Waals surface area contributed by atoms with Crippen molar-refractivity contribution in [2.45, 2.75) is 19.4 Å². The van der Waals surface area contributed by atoms with Crippen molar-refractivity contribution in [2.24, 2.45) is 5.73 Å². The maximum Gasteiger partial charge on any atom is 0.133 e. The van der Waals surface area contributed by atoms with E-state index in [1.54, 1.807) is 6.92 Å². The summed E-state index contributed by atoms with van der Waals surface area (Å²) < 4.78 is 45.4. The van der Waals surface area contributed by atoms with Gasteiger partial charge in [0.1, 0.15) is 29.0 Å². The van der Waals surface area contributed by atoms with Crippen LogP contribution in [0.2, 0.25) is 0 Å². The molecule has 0 saturated heterocycles. The topological polar surface area (TPSA) is 35.2 Å². The zero-order valence-corrected chi connectivity index (χ0v) is 10.9. The molecule has 5 heteroatoms. The summed E-state index contributed by atoms with van der Waals surface area (Å²) in [7, 11) is 0. The smallest absolute Gasteiger partial charge is 0.133 e. The number of hydrogen-bond acceptors (Lipinski definition) is 2. The Balaban J connectivity index is 2.35. The van der Waals surface area contributed by atoms with Gasteiger partial charge in [-0.15, -0.1) is 0 Å². The zero-order valence-electron chi connectivity index (χ0n) is 10.9. The SMILES string of the molecule is CC(N)Cc1c(F)cccc1Oc1cc(F)cc(F)c1. The summed E-state index contributed by atoms with van der Waals surface area (Å²) in [4.78, 5) is 0. The molecule has 2 aromatic rings. The van der Waals surface area contributed by atoms with Gasteiger partial charge in [0.05, 0.1) is 0 Å². The summed E-state index contributed by atoms with van der Waals surface area (Å²) in [6.07, 6.45) is 0.264. The average molecular weight is 281 g/mol. The standard InChI is InChI=1S/C15H14F3NO/c1-9(19)5-13-14(18)3-2-4-15(13)20-12-7-10(16)6-11(17)8-12/h2-4,6-9H,5,19H2,1H3. The minimum Gasteiger partial charge on any atom is -0.457 e. The second kappa shape index (κ2) is 5.96. The third kappa shape index (κ3) is 3.51. The molecule has 2 aromatic carbocycles. The average Bonchev–Trinajstić information content (AvgIpc) is 2.32. The van der Waals surface area contributed by atoms with Crippen LogP contribution in [0.4, 0.5) is 13.2 Å². The van der Waals surface area contributed by atoms with Crippen molar-refractivity contribution >= 4 is 0 Å². The number of nitrogens with two attached hydrogens (primary N) is 1.